The van der Waals surface area contributed by atoms with Crippen molar-refractivity contribution in [2.24, 2.45) is 14.1 Å². The Morgan fingerprint density at radius 1 is 0.867 bits per heavy atom. The maximum Gasteiger partial charge on any atom is 0.277 e. The first kappa shape index (κ1) is 9.84. The van der Waals surface area contributed by atoms with Crippen molar-refractivity contribution in [3.8, 4) is 11.4 Å². The smallest absolute Gasteiger partial charge is 0.196 e. The minimum atomic E-state index is 1.23. The van der Waals surface area contributed by atoms with Crippen LogP contribution < -0.4 is 9.13 Å². The largest absolute Gasteiger partial charge is 0.277 e. The van der Waals surface area contributed by atoms with E-state index >= 15 is 0 Å². The lowest BCUT2D eigenvalue weighted by Crippen LogP contribution is -2.40. The molecular formula is C13H16N2+2. The molecule has 0 bridgehead atoms. The van der Waals surface area contributed by atoms with Crippen LogP contribution in [-0.4, -0.2) is 0 Å². The van der Waals surface area contributed by atoms with Gasteiger partial charge >= 0.3 is 0 Å². The molecule has 0 aliphatic heterocycles. The summed E-state index contributed by atoms with van der Waals surface area (Å²) in [5.74, 6) is 0. The Bertz CT molecular complexity index is 490. The standard InChI is InChI=1S/C13H16N2/c1-11-7-6-9-13(15(11)3)12-8-4-5-10-14(12)2/h4-10H,1-3H3/q+2. The molecule has 2 heterocycles. The minimum absolute atomic E-state index is 1.23. The lowest BCUT2D eigenvalue weighted by molar-refractivity contribution is -0.693. The van der Waals surface area contributed by atoms with E-state index in [2.05, 4.69) is 66.7 Å². The highest BCUT2D eigenvalue weighted by molar-refractivity contribution is 5.46. The third kappa shape index (κ3) is 1.75. The summed E-state index contributed by atoms with van der Waals surface area (Å²) in [6.07, 6.45) is 2.07. The summed E-state index contributed by atoms with van der Waals surface area (Å²) in [6.45, 7) is 2.12. The van der Waals surface area contributed by atoms with Crippen LogP contribution in [0.2, 0.25) is 0 Å². The zero-order valence-electron chi connectivity index (χ0n) is 9.44. The highest BCUT2D eigenvalue weighted by atomic mass is 15.0. The Morgan fingerprint density at radius 3 is 2.33 bits per heavy atom. The first-order valence-electron chi connectivity index (χ1n) is 5.11. The molecule has 15 heavy (non-hydrogen) atoms. The molecule has 2 aromatic heterocycles. The quantitative estimate of drug-likeness (QED) is 0.613. The summed E-state index contributed by atoms with van der Waals surface area (Å²) in [5, 5.41) is 0. The fraction of sp³-hybridized carbons (Fsp3) is 0.231. The lowest BCUT2D eigenvalue weighted by Gasteiger charge is -2.00. The average Bonchev–Trinajstić information content (AvgIpc) is 2.23. The molecule has 0 saturated carbocycles. The number of pyridine rings is 2. The first-order chi connectivity index (χ1) is 7.20. The van der Waals surface area contributed by atoms with Crippen molar-refractivity contribution in [2.75, 3.05) is 0 Å². The number of rotatable bonds is 1. The van der Waals surface area contributed by atoms with Gasteiger partial charge in [0, 0.05) is 31.2 Å². The Morgan fingerprint density at radius 2 is 1.60 bits per heavy atom. The molecule has 0 saturated heterocycles. The molecule has 0 amide bonds. The topological polar surface area (TPSA) is 7.76 Å². The van der Waals surface area contributed by atoms with E-state index in [1.54, 1.807) is 0 Å². The predicted molar refractivity (Wildman–Crippen MR) is 59.0 cm³/mol. The third-order valence-corrected chi connectivity index (χ3v) is 2.80. The second-order valence-electron chi connectivity index (χ2n) is 3.81. The van der Waals surface area contributed by atoms with Crippen molar-refractivity contribution in [3.63, 3.8) is 0 Å². The summed E-state index contributed by atoms with van der Waals surface area (Å²) in [4.78, 5) is 0. The summed E-state index contributed by atoms with van der Waals surface area (Å²) >= 11 is 0. The van der Waals surface area contributed by atoms with Gasteiger partial charge in [0.25, 0.3) is 11.4 Å². The molecule has 0 unspecified atom stereocenters. The normalized spacial score (nSPS) is 10.3. The van der Waals surface area contributed by atoms with Crippen molar-refractivity contribution in [3.05, 3.63) is 48.3 Å². The van der Waals surface area contributed by atoms with Gasteiger partial charge in [-0.05, 0) is 12.1 Å². The second-order valence-corrected chi connectivity index (χ2v) is 3.81. The van der Waals surface area contributed by atoms with E-state index in [-0.39, 0.29) is 0 Å². The van der Waals surface area contributed by atoms with Crippen LogP contribution in [0.5, 0.6) is 0 Å². The molecule has 0 radical (unpaired) electrons. The van der Waals surface area contributed by atoms with Gasteiger partial charge in [0.2, 0.25) is 0 Å². The van der Waals surface area contributed by atoms with Gasteiger partial charge in [-0.25, -0.2) is 0 Å². The Labute approximate surface area is 90.4 Å². The Balaban J connectivity index is 2.65. The molecule has 0 atom stereocenters. The monoisotopic (exact) mass is 200 g/mol. The van der Waals surface area contributed by atoms with E-state index < -0.39 is 0 Å². The molecule has 76 valence electrons. The maximum absolute atomic E-state index is 2.20. The van der Waals surface area contributed by atoms with E-state index in [4.69, 9.17) is 0 Å². The maximum atomic E-state index is 2.20. The molecule has 2 rings (SSSR count). The average molecular weight is 200 g/mol. The number of hydrogen-bond donors (Lipinski definition) is 0. The van der Waals surface area contributed by atoms with Crippen LogP contribution in [0, 0.1) is 6.92 Å². The minimum Gasteiger partial charge on any atom is -0.196 e. The van der Waals surface area contributed by atoms with Gasteiger partial charge in [0.05, 0.1) is 0 Å². The molecule has 0 aliphatic rings. The highest BCUT2D eigenvalue weighted by Crippen LogP contribution is 2.09. The summed E-state index contributed by atoms with van der Waals surface area (Å²) in [6, 6.07) is 12.6. The molecular weight excluding hydrogens is 184 g/mol. The SMILES string of the molecule is Cc1cccc(-c2cccc[n+]2C)[n+]1C. The summed E-state index contributed by atoms with van der Waals surface area (Å²) < 4.78 is 4.34. The van der Waals surface area contributed by atoms with E-state index in [1.165, 1.54) is 17.1 Å². The van der Waals surface area contributed by atoms with Crippen LogP contribution in [0.1, 0.15) is 5.69 Å². The van der Waals surface area contributed by atoms with E-state index in [1.807, 2.05) is 6.07 Å². The second kappa shape index (κ2) is 3.81. The van der Waals surface area contributed by atoms with Crippen LogP contribution in [0.4, 0.5) is 0 Å². The van der Waals surface area contributed by atoms with E-state index in [9.17, 15) is 0 Å². The summed E-state index contributed by atoms with van der Waals surface area (Å²) in [5.41, 5.74) is 3.72. The number of hydrogen-bond acceptors (Lipinski definition) is 0. The molecule has 2 aromatic rings. The van der Waals surface area contributed by atoms with Crippen molar-refractivity contribution < 1.29 is 9.13 Å². The van der Waals surface area contributed by atoms with Crippen LogP contribution in [0.15, 0.2) is 42.6 Å². The van der Waals surface area contributed by atoms with Gasteiger partial charge < -0.3 is 0 Å². The van der Waals surface area contributed by atoms with Crippen molar-refractivity contribution in [1.29, 1.82) is 0 Å². The van der Waals surface area contributed by atoms with Gasteiger partial charge in [-0.1, -0.05) is 0 Å². The molecule has 2 heteroatoms. The zero-order chi connectivity index (χ0) is 10.8. The third-order valence-electron chi connectivity index (χ3n) is 2.80. The molecule has 0 fully saturated rings. The number of nitrogens with zero attached hydrogens (tertiary/aromatic N) is 2. The van der Waals surface area contributed by atoms with E-state index in [0.29, 0.717) is 0 Å². The van der Waals surface area contributed by atoms with Gasteiger partial charge in [-0.15, -0.1) is 0 Å². The zero-order valence-corrected chi connectivity index (χ0v) is 9.44. The lowest BCUT2D eigenvalue weighted by atomic mass is 10.2. The van der Waals surface area contributed by atoms with Gasteiger partial charge in [-0.3, -0.25) is 0 Å². The molecule has 0 aromatic carbocycles. The fourth-order valence-corrected chi connectivity index (χ4v) is 1.74. The highest BCUT2D eigenvalue weighted by Gasteiger charge is 2.18. The van der Waals surface area contributed by atoms with Crippen LogP contribution in [0.25, 0.3) is 11.4 Å². The van der Waals surface area contributed by atoms with Crippen molar-refractivity contribution >= 4 is 0 Å². The fourth-order valence-electron chi connectivity index (χ4n) is 1.74. The van der Waals surface area contributed by atoms with E-state index in [0.717, 1.165) is 0 Å². The van der Waals surface area contributed by atoms with Gasteiger partial charge in [0.15, 0.2) is 11.9 Å². The van der Waals surface area contributed by atoms with Crippen LogP contribution in [-0.2, 0) is 14.1 Å². The molecule has 0 N–H and O–H groups in total. The number of aromatic nitrogens is 2. The number of aryl methyl sites for hydroxylation is 2. The molecule has 2 nitrogen and oxygen atoms in total. The van der Waals surface area contributed by atoms with Gasteiger partial charge in [-0.2, -0.15) is 9.13 Å². The summed E-state index contributed by atoms with van der Waals surface area (Å²) in [7, 11) is 4.16. The van der Waals surface area contributed by atoms with Crippen molar-refractivity contribution in [2.45, 2.75) is 6.92 Å². The van der Waals surface area contributed by atoms with Crippen molar-refractivity contribution in [1.82, 2.24) is 0 Å². The van der Waals surface area contributed by atoms with Crippen LogP contribution in [0.3, 0.4) is 0 Å². The Hall–Kier alpha value is -1.70. The molecule has 0 aliphatic carbocycles. The first-order valence-corrected chi connectivity index (χ1v) is 5.11. The van der Waals surface area contributed by atoms with Gasteiger partial charge in [0.1, 0.15) is 14.1 Å². The predicted octanol–water partition coefficient (Wildman–Crippen LogP) is 1.31. The Kier molecular flexibility index (Phi) is 2.50. The molecule has 0 spiro atoms. The van der Waals surface area contributed by atoms with Crippen LogP contribution >= 0.6 is 0 Å².